The predicted molar refractivity (Wildman–Crippen MR) is 59.4 cm³/mol. The van der Waals surface area contributed by atoms with Crippen LogP contribution in [0.1, 0.15) is 10.4 Å². The molecule has 0 saturated carbocycles. The summed E-state index contributed by atoms with van der Waals surface area (Å²) in [4.78, 5) is 19.1. The number of benzene rings is 1. The molecular formula is C8H7Cl2KO4. The molecule has 0 heterocycles. The normalized spacial score (nSPS) is 7.87. The Hall–Kier alpha value is 0.376. The Morgan fingerprint density at radius 3 is 1.80 bits per heavy atom. The first-order chi connectivity index (χ1) is 6.45. The zero-order valence-electron chi connectivity index (χ0n) is 6.78. The van der Waals surface area contributed by atoms with Crippen LogP contribution < -0.4 is 0 Å². The van der Waals surface area contributed by atoms with Gasteiger partial charge in [-0.05, 0) is 23.7 Å². The molecule has 0 atom stereocenters. The van der Waals surface area contributed by atoms with Crippen molar-refractivity contribution in [1.29, 1.82) is 0 Å². The third-order valence-electron chi connectivity index (χ3n) is 1.09. The molecule has 1 aromatic rings. The van der Waals surface area contributed by atoms with E-state index >= 15 is 0 Å². The first kappa shape index (κ1) is 17.8. The van der Waals surface area contributed by atoms with Crippen LogP contribution in [-0.4, -0.2) is 73.0 Å². The van der Waals surface area contributed by atoms with Crippen molar-refractivity contribution in [3.63, 3.8) is 0 Å². The predicted octanol–water partition coefficient (Wildman–Crippen LogP) is 2.29. The van der Waals surface area contributed by atoms with Gasteiger partial charge in [-0.15, -0.1) is 0 Å². The van der Waals surface area contributed by atoms with Crippen LogP contribution in [0.5, 0.6) is 0 Å². The fourth-order valence-electron chi connectivity index (χ4n) is 0.621. The molecule has 0 aliphatic carbocycles. The Morgan fingerprint density at radius 1 is 1.13 bits per heavy atom. The molecule has 0 amide bonds. The molecule has 0 aliphatic heterocycles. The van der Waals surface area contributed by atoms with Crippen molar-refractivity contribution in [2.45, 2.75) is 0 Å². The molecule has 78 valence electrons. The molecular weight excluding hydrogens is 270 g/mol. The van der Waals surface area contributed by atoms with Gasteiger partial charge in [0.15, 0.2) is 0 Å². The van der Waals surface area contributed by atoms with E-state index < -0.39 is 11.4 Å². The number of carboxylic acid groups (broad SMARTS) is 2. The summed E-state index contributed by atoms with van der Waals surface area (Å²) in [5, 5.41) is 13.8. The summed E-state index contributed by atoms with van der Waals surface area (Å²) in [7, 11) is 0. The van der Waals surface area contributed by atoms with Gasteiger partial charge in [0.05, 0.1) is 10.6 Å². The van der Waals surface area contributed by atoms with Crippen LogP contribution in [0.2, 0.25) is 5.02 Å². The van der Waals surface area contributed by atoms with E-state index in [9.17, 15) is 4.79 Å². The number of carbonyl (C=O) groups excluding carboxylic acids is 1. The molecule has 1 rings (SSSR count). The first-order valence-electron chi connectivity index (χ1n) is 3.31. The molecule has 0 fully saturated rings. The zero-order valence-corrected chi connectivity index (χ0v) is 8.29. The van der Waals surface area contributed by atoms with Crippen molar-refractivity contribution >= 4 is 86.0 Å². The second-order valence-electron chi connectivity index (χ2n) is 2.04. The van der Waals surface area contributed by atoms with Crippen molar-refractivity contribution in [1.82, 2.24) is 0 Å². The summed E-state index contributed by atoms with van der Waals surface area (Å²) in [6.45, 7) is 0. The number of hydrogen-bond donors (Lipinski definition) is 2. The molecule has 0 aromatic heterocycles. The molecule has 7 heteroatoms. The van der Waals surface area contributed by atoms with E-state index in [0.29, 0.717) is 10.6 Å². The Kier molecular flexibility index (Phi) is 11.4. The van der Waals surface area contributed by atoms with Crippen molar-refractivity contribution in [2.24, 2.45) is 0 Å². The van der Waals surface area contributed by atoms with E-state index in [1.165, 1.54) is 0 Å². The molecule has 1 aromatic carbocycles. The van der Waals surface area contributed by atoms with Crippen LogP contribution in [0.15, 0.2) is 24.3 Å². The van der Waals surface area contributed by atoms with Gasteiger partial charge < -0.3 is 10.2 Å². The first-order valence-corrected chi connectivity index (χ1v) is 4.07. The van der Waals surface area contributed by atoms with Gasteiger partial charge >= 0.3 is 57.5 Å². The summed E-state index contributed by atoms with van der Waals surface area (Å²) in [5.74, 6) is 0. The van der Waals surface area contributed by atoms with Gasteiger partial charge in [-0.1, -0.05) is 23.7 Å². The SMILES string of the molecule is O=C(Cl)c1ccccc1Cl.O=C(O)O.[KH]. The number of halogens is 2. The quantitative estimate of drug-likeness (QED) is 0.610. The van der Waals surface area contributed by atoms with Gasteiger partial charge in [0.1, 0.15) is 0 Å². The van der Waals surface area contributed by atoms with Gasteiger partial charge in [0.2, 0.25) is 0 Å². The van der Waals surface area contributed by atoms with Gasteiger partial charge in [-0.3, -0.25) is 4.79 Å². The van der Waals surface area contributed by atoms with E-state index in [2.05, 4.69) is 0 Å². The third kappa shape index (κ3) is 9.31. The average Bonchev–Trinajstić information content (AvgIpc) is 2.03. The monoisotopic (exact) mass is 276 g/mol. The summed E-state index contributed by atoms with van der Waals surface area (Å²) < 4.78 is 0. The van der Waals surface area contributed by atoms with Gasteiger partial charge in [0.25, 0.3) is 5.24 Å². The number of hydrogen-bond acceptors (Lipinski definition) is 2. The van der Waals surface area contributed by atoms with Gasteiger partial charge in [-0.25, -0.2) is 4.79 Å². The molecule has 2 N–H and O–H groups in total. The molecule has 0 saturated heterocycles. The molecule has 15 heavy (non-hydrogen) atoms. The summed E-state index contributed by atoms with van der Waals surface area (Å²) in [6.07, 6.45) is -1.83. The molecule has 0 bridgehead atoms. The van der Waals surface area contributed by atoms with E-state index in [1.54, 1.807) is 24.3 Å². The Labute approximate surface area is 139 Å². The van der Waals surface area contributed by atoms with Gasteiger partial charge in [-0.2, -0.15) is 0 Å². The van der Waals surface area contributed by atoms with Crippen molar-refractivity contribution in [2.75, 3.05) is 0 Å². The minimum absolute atomic E-state index is 0. The van der Waals surface area contributed by atoms with Crippen LogP contribution in [0.3, 0.4) is 0 Å². The fraction of sp³-hybridized carbons (Fsp3) is 0. The van der Waals surface area contributed by atoms with Crippen LogP contribution in [0, 0.1) is 0 Å². The Balaban J connectivity index is 0. The van der Waals surface area contributed by atoms with Crippen LogP contribution >= 0.6 is 23.2 Å². The van der Waals surface area contributed by atoms with E-state index in [4.69, 9.17) is 38.2 Å². The fourth-order valence-corrected chi connectivity index (χ4v) is 1.06. The molecule has 4 nitrogen and oxygen atoms in total. The van der Waals surface area contributed by atoms with Crippen molar-refractivity contribution < 1.29 is 19.8 Å². The number of carbonyl (C=O) groups is 2. The van der Waals surface area contributed by atoms with Gasteiger partial charge in [0, 0.05) is 0 Å². The Morgan fingerprint density at radius 2 is 1.53 bits per heavy atom. The molecule has 0 unspecified atom stereocenters. The molecule has 0 spiro atoms. The second-order valence-corrected chi connectivity index (χ2v) is 2.79. The van der Waals surface area contributed by atoms with Crippen molar-refractivity contribution in [3.05, 3.63) is 34.9 Å². The van der Waals surface area contributed by atoms with Crippen LogP contribution in [0.4, 0.5) is 4.79 Å². The summed E-state index contributed by atoms with van der Waals surface area (Å²) in [6, 6.07) is 6.65. The summed E-state index contributed by atoms with van der Waals surface area (Å²) >= 11 is 10.8. The summed E-state index contributed by atoms with van der Waals surface area (Å²) in [5.41, 5.74) is 0.353. The maximum atomic E-state index is 10.5. The maximum absolute atomic E-state index is 10.5. The topological polar surface area (TPSA) is 74.6 Å². The van der Waals surface area contributed by atoms with E-state index in [-0.39, 0.29) is 51.4 Å². The Bertz CT molecular complexity index is 339. The van der Waals surface area contributed by atoms with E-state index in [0.717, 1.165) is 0 Å². The second kappa shape index (κ2) is 9.59. The van der Waals surface area contributed by atoms with Crippen LogP contribution in [-0.2, 0) is 0 Å². The molecule has 0 aliphatic rings. The standard InChI is InChI=1S/C7H4Cl2O.CH2O3.K.H/c8-6-4-2-1-3-5(6)7(9)10;2-1(3)4;;/h1-4H;(H2,2,3,4);;. The van der Waals surface area contributed by atoms with Crippen molar-refractivity contribution in [3.8, 4) is 0 Å². The third-order valence-corrected chi connectivity index (χ3v) is 1.62. The van der Waals surface area contributed by atoms with E-state index in [1.807, 2.05) is 0 Å². The molecule has 0 radical (unpaired) electrons. The average molecular weight is 277 g/mol. The van der Waals surface area contributed by atoms with Crippen LogP contribution in [0.25, 0.3) is 0 Å². The minimum atomic E-state index is -1.83. The zero-order chi connectivity index (χ0) is 11.1. The number of rotatable bonds is 1.